The van der Waals surface area contributed by atoms with Crippen molar-refractivity contribution in [3.05, 3.63) is 21.9 Å². The van der Waals surface area contributed by atoms with Crippen LogP contribution in [0.5, 0.6) is 0 Å². The molecule has 2 rings (SSSR count). The van der Waals surface area contributed by atoms with Crippen LogP contribution in [0.1, 0.15) is 47.3 Å². The smallest absolute Gasteiger partial charge is 0.261 e. The highest BCUT2D eigenvalue weighted by atomic mass is 32.1. The van der Waals surface area contributed by atoms with Crippen LogP contribution >= 0.6 is 11.3 Å². The number of nitrogens with zero attached hydrogens (tertiary/aromatic N) is 1. The van der Waals surface area contributed by atoms with Gasteiger partial charge in [-0.3, -0.25) is 9.69 Å². The molecule has 1 amide bonds. The second kappa shape index (κ2) is 5.85. The largest absolute Gasteiger partial charge is 0.354 e. The topological polar surface area (TPSA) is 32.3 Å². The molecule has 1 aromatic rings. The highest BCUT2D eigenvalue weighted by Crippen LogP contribution is 2.36. The molecule has 3 nitrogen and oxygen atoms in total. The van der Waals surface area contributed by atoms with Gasteiger partial charge in [-0.2, -0.15) is 0 Å². The monoisotopic (exact) mass is 266 g/mol. The fraction of sp³-hybridized carbons (Fsp3) is 0.643. The summed E-state index contributed by atoms with van der Waals surface area (Å²) >= 11 is 1.64. The second-order valence-corrected chi connectivity index (χ2v) is 6.44. The molecule has 0 spiro atoms. The first-order valence-electron chi connectivity index (χ1n) is 6.67. The van der Waals surface area contributed by atoms with E-state index in [0.717, 1.165) is 11.4 Å². The van der Waals surface area contributed by atoms with Gasteiger partial charge >= 0.3 is 0 Å². The van der Waals surface area contributed by atoms with Gasteiger partial charge in [0.25, 0.3) is 5.91 Å². The molecule has 1 fully saturated rings. The van der Waals surface area contributed by atoms with Crippen LogP contribution in [-0.4, -0.2) is 30.9 Å². The molecule has 1 N–H and O–H groups in total. The molecule has 100 valence electrons. The van der Waals surface area contributed by atoms with Crippen LogP contribution in [0.3, 0.4) is 0 Å². The lowest BCUT2D eigenvalue weighted by Crippen LogP contribution is -2.26. The van der Waals surface area contributed by atoms with E-state index < -0.39 is 0 Å². The van der Waals surface area contributed by atoms with Gasteiger partial charge in [-0.15, -0.1) is 11.3 Å². The number of thiophene rings is 1. The van der Waals surface area contributed by atoms with E-state index in [0.29, 0.717) is 12.0 Å². The lowest BCUT2D eigenvalue weighted by atomic mass is 10.1. The van der Waals surface area contributed by atoms with Gasteiger partial charge in [0.15, 0.2) is 0 Å². The van der Waals surface area contributed by atoms with E-state index in [1.54, 1.807) is 18.4 Å². The Labute approximate surface area is 113 Å². The van der Waals surface area contributed by atoms with Crippen molar-refractivity contribution in [1.29, 1.82) is 0 Å². The molecular weight excluding hydrogens is 244 g/mol. The van der Waals surface area contributed by atoms with Crippen LogP contribution in [-0.2, 0) is 0 Å². The van der Waals surface area contributed by atoms with Gasteiger partial charge in [0, 0.05) is 24.5 Å². The van der Waals surface area contributed by atoms with E-state index in [1.807, 2.05) is 6.07 Å². The second-order valence-electron chi connectivity index (χ2n) is 5.33. The van der Waals surface area contributed by atoms with Gasteiger partial charge in [-0.1, -0.05) is 13.8 Å². The SMILES string of the molecule is CNC(=O)c1ccc(C2CCCN2CC(C)C)s1. The van der Waals surface area contributed by atoms with E-state index in [9.17, 15) is 4.79 Å². The first-order chi connectivity index (χ1) is 8.61. The highest BCUT2D eigenvalue weighted by Gasteiger charge is 2.27. The van der Waals surface area contributed by atoms with E-state index in [-0.39, 0.29) is 5.91 Å². The van der Waals surface area contributed by atoms with Gasteiger partial charge in [0.05, 0.1) is 4.88 Å². The van der Waals surface area contributed by atoms with Gasteiger partial charge in [0.2, 0.25) is 0 Å². The Morgan fingerprint density at radius 2 is 2.33 bits per heavy atom. The number of nitrogens with one attached hydrogen (secondary N) is 1. The Morgan fingerprint density at radius 3 is 3.00 bits per heavy atom. The van der Waals surface area contributed by atoms with E-state index >= 15 is 0 Å². The number of hydrogen-bond acceptors (Lipinski definition) is 3. The number of likely N-dealkylation sites (tertiary alicyclic amines) is 1. The number of hydrogen-bond donors (Lipinski definition) is 1. The van der Waals surface area contributed by atoms with E-state index in [2.05, 4.69) is 30.1 Å². The Bertz CT molecular complexity index is 414. The molecule has 0 saturated carbocycles. The minimum absolute atomic E-state index is 0.0275. The molecule has 0 aliphatic carbocycles. The number of carbonyl (C=O) groups excluding carboxylic acids is 1. The van der Waals surface area contributed by atoms with E-state index in [1.165, 1.54) is 24.3 Å². The summed E-state index contributed by atoms with van der Waals surface area (Å²) in [5.41, 5.74) is 0. The summed E-state index contributed by atoms with van der Waals surface area (Å²) in [4.78, 5) is 16.3. The molecule has 1 aliphatic heterocycles. The summed E-state index contributed by atoms with van der Waals surface area (Å²) in [5, 5.41) is 2.69. The highest BCUT2D eigenvalue weighted by molar-refractivity contribution is 7.14. The van der Waals surface area contributed by atoms with E-state index in [4.69, 9.17) is 0 Å². The number of rotatable bonds is 4. The maximum atomic E-state index is 11.6. The molecule has 0 bridgehead atoms. The van der Waals surface area contributed by atoms with Crippen LogP contribution in [0.25, 0.3) is 0 Å². The van der Waals surface area contributed by atoms with Crippen molar-refractivity contribution in [3.63, 3.8) is 0 Å². The zero-order chi connectivity index (χ0) is 13.1. The Hall–Kier alpha value is -0.870. The van der Waals surface area contributed by atoms with Crippen LogP contribution in [0.15, 0.2) is 12.1 Å². The van der Waals surface area contributed by atoms with Crippen molar-refractivity contribution in [2.45, 2.75) is 32.7 Å². The fourth-order valence-electron chi connectivity index (χ4n) is 2.61. The third-order valence-electron chi connectivity index (χ3n) is 3.37. The molecule has 2 heterocycles. The summed E-state index contributed by atoms with van der Waals surface area (Å²) in [6.07, 6.45) is 2.49. The average Bonchev–Trinajstić information content (AvgIpc) is 2.95. The first-order valence-corrected chi connectivity index (χ1v) is 7.49. The summed E-state index contributed by atoms with van der Waals surface area (Å²) in [7, 11) is 1.68. The quantitative estimate of drug-likeness (QED) is 0.909. The third kappa shape index (κ3) is 2.93. The summed E-state index contributed by atoms with van der Waals surface area (Å²) in [6.45, 7) is 6.87. The lowest BCUT2D eigenvalue weighted by molar-refractivity contribution is 0.0967. The van der Waals surface area contributed by atoms with Crippen molar-refractivity contribution < 1.29 is 4.79 Å². The summed E-state index contributed by atoms with van der Waals surface area (Å²) in [5.74, 6) is 0.726. The Balaban J connectivity index is 2.10. The van der Waals surface area contributed by atoms with Crippen LogP contribution in [0, 0.1) is 5.92 Å². The minimum Gasteiger partial charge on any atom is -0.354 e. The molecule has 1 atom stereocenters. The molecular formula is C14H22N2OS. The molecule has 0 aromatic carbocycles. The molecule has 1 aliphatic rings. The zero-order valence-corrected chi connectivity index (χ0v) is 12.2. The fourth-order valence-corrected chi connectivity index (χ4v) is 3.74. The zero-order valence-electron chi connectivity index (χ0n) is 11.4. The van der Waals surface area contributed by atoms with Crippen molar-refractivity contribution in [2.24, 2.45) is 5.92 Å². The molecule has 0 radical (unpaired) electrons. The maximum Gasteiger partial charge on any atom is 0.261 e. The van der Waals surface area contributed by atoms with Crippen LogP contribution < -0.4 is 5.32 Å². The molecule has 1 unspecified atom stereocenters. The first kappa shape index (κ1) is 13.6. The van der Waals surface area contributed by atoms with Gasteiger partial charge < -0.3 is 5.32 Å². The molecule has 1 aromatic heterocycles. The summed E-state index contributed by atoms with van der Waals surface area (Å²) in [6, 6.07) is 4.60. The molecule has 18 heavy (non-hydrogen) atoms. The van der Waals surface area contributed by atoms with Crippen molar-refractivity contribution in [1.82, 2.24) is 10.2 Å². The normalized spacial score (nSPS) is 20.6. The van der Waals surface area contributed by atoms with Gasteiger partial charge in [-0.25, -0.2) is 0 Å². The predicted molar refractivity (Wildman–Crippen MR) is 76.1 cm³/mol. The Morgan fingerprint density at radius 1 is 1.56 bits per heavy atom. The van der Waals surface area contributed by atoms with Gasteiger partial charge in [-0.05, 0) is 37.4 Å². The molecule has 4 heteroatoms. The predicted octanol–water partition coefficient (Wildman–Crippen LogP) is 2.90. The van der Waals surface area contributed by atoms with Crippen molar-refractivity contribution >= 4 is 17.2 Å². The maximum absolute atomic E-state index is 11.6. The lowest BCUT2D eigenvalue weighted by Gasteiger charge is -2.25. The summed E-state index contributed by atoms with van der Waals surface area (Å²) < 4.78 is 0. The average molecular weight is 266 g/mol. The van der Waals surface area contributed by atoms with Crippen LogP contribution in [0.2, 0.25) is 0 Å². The minimum atomic E-state index is 0.0275. The third-order valence-corrected chi connectivity index (χ3v) is 4.55. The van der Waals surface area contributed by atoms with Gasteiger partial charge in [0.1, 0.15) is 0 Å². The Kier molecular flexibility index (Phi) is 4.40. The van der Waals surface area contributed by atoms with Crippen molar-refractivity contribution in [3.8, 4) is 0 Å². The standard InChI is InChI=1S/C14H22N2OS/c1-10(2)9-16-8-4-5-11(16)12-6-7-13(18-12)14(17)15-3/h6-7,10-11H,4-5,8-9H2,1-3H3,(H,15,17). The van der Waals surface area contributed by atoms with Crippen molar-refractivity contribution in [2.75, 3.05) is 20.1 Å². The number of carbonyl (C=O) groups is 1. The van der Waals surface area contributed by atoms with Crippen LogP contribution in [0.4, 0.5) is 0 Å². The number of amides is 1. The molecule has 1 saturated heterocycles.